The van der Waals surface area contributed by atoms with Gasteiger partial charge in [-0.2, -0.15) is 0 Å². The summed E-state index contributed by atoms with van der Waals surface area (Å²) in [5.74, 6) is 1.44. The molecule has 126 valence electrons. The fourth-order valence-corrected chi connectivity index (χ4v) is 2.69. The van der Waals surface area contributed by atoms with Gasteiger partial charge in [-0.3, -0.25) is 4.99 Å². The number of aliphatic imine (C=N–C) groups is 1. The molecule has 2 aromatic rings. The van der Waals surface area contributed by atoms with E-state index in [4.69, 9.17) is 4.74 Å². The number of rotatable bonds is 5. The highest BCUT2D eigenvalue weighted by Crippen LogP contribution is 2.11. The Hall–Kier alpha value is -1.35. The van der Waals surface area contributed by atoms with Gasteiger partial charge < -0.3 is 19.9 Å². The predicted octanol–water partition coefficient (Wildman–Crippen LogP) is 1.86. The van der Waals surface area contributed by atoms with E-state index in [9.17, 15) is 0 Å². The lowest BCUT2D eigenvalue weighted by atomic mass is 10.1. The number of para-hydroxylation sites is 2. The van der Waals surface area contributed by atoms with Crippen molar-refractivity contribution in [3.05, 3.63) is 30.6 Å². The van der Waals surface area contributed by atoms with E-state index in [-0.39, 0.29) is 24.0 Å². The van der Waals surface area contributed by atoms with E-state index in [0.29, 0.717) is 5.92 Å². The molecule has 0 radical (unpaired) electrons. The van der Waals surface area contributed by atoms with Gasteiger partial charge >= 0.3 is 0 Å². The molecule has 3 rings (SSSR count). The fraction of sp³-hybridized carbons (Fsp3) is 0.500. The Bertz CT molecular complexity index is 636. The van der Waals surface area contributed by atoms with Gasteiger partial charge in [-0.25, -0.2) is 4.98 Å². The van der Waals surface area contributed by atoms with Crippen LogP contribution in [0.25, 0.3) is 11.0 Å². The summed E-state index contributed by atoms with van der Waals surface area (Å²) in [6.45, 7) is 4.31. The number of halogens is 1. The zero-order valence-electron chi connectivity index (χ0n) is 13.4. The zero-order chi connectivity index (χ0) is 15.2. The van der Waals surface area contributed by atoms with Crippen LogP contribution < -0.4 is 10.6 Å². The van der Waals surface area contributed by atoms with Crippen molar-refractivity contribution in [2.75, 3.05) is 33.4 Å². The van der Waals surface area contributed by atoms with Crippen molar-refractivity contribution in [1.82, 2.24) is 20.2 Å². The van der Waals surface area contributed by atoms with Gasteiger partial charge in [0.2, 0.25) is 0 Å². The van der Waals surface area contributed by atoms with Crippen LogP contribution in [-0.2, 0) is 11.3 Å². The van der Waals surface area contributed by atoms with Gasteiger partial charge in [0.1, 0.15) is 0 Å². The van der Waals surface area contributed by atoms with Crippen LogP contribution in [0.4, 0.5) is 0 Å². The first-order valence-corrected chi connectivity index (χ1v) is 7.79. The lowest BCUT2D eigenvalue weighted by Gasteiger charge is -2.14. The minimum Gasteiger partial charge on any atom is -0.381 e. The smallest absolute Gasteiger partial charge is 0.191 e. The maximum Gasteiger partial charge on any atom is 0.191 e. The number of guanidine groups is 1. The van der Waals surface area contributed by atoms with Crippen molar-refractivity contribution in [2.45, 2.75) is 13.0 Å². The molecule has 0 aliphatic carbocycles. The second kappa shape index (κ2) is 9.07. The minimum absolute atomic E-state index is 0. The van der Waals surface area contributed by atoms with Crippen LogP contribution in [-0.4, -0.2) is 48.9 Å². The number of nitrogens with one attached hydrogen (secondary N) is 2. The molecule has 1 saturated heterocycles. The molecule has 1 aliphatic rings. The van der Waals surface area contributed by atoms with Crippen LogP contribution in [0.3, 0.4) is 0 Å². The van der Waals surface area contributed by atoms with E-state index in [2.05, 4.69) is 31.2 Å². The van der Waals surface area contributed by atoms with Crippen molar-refractivity contribution in [3.8, 4) is 0 Å². The highest BCUT2D eigenvalue weighted by Gasteiger charge is 2.15. The summed E-state index contributed by atoms with van der Waals surface area (Å²) in [5.41, 5.74) is 2.20. The van der Waals surface area contributed by atoms with Gasteiger partial charge in [-0.15, -0.1) is 24.0 Å². The molecule has 0 spiro atoms. The molecule has 2 N–H and O–H groups in total. The summed E-state index contributed by atoms with van der Waals surface area (Å²) < 4.78 is 7.54. The van der Waals surface area contributed by atoms with Crippen LogP contribution >= 0.6 is 24.0 Å². The van der Waals surface area contributed by atoms with E-state index in [1.807, 2.05) is 24.5 Å². The molecule has 0 bridgehead atoms. The predicted molar refractivity (Wildman–Crippen MR) is 103 cm³/mol. The number of hydrogen-bond donors (Lipinski definition) is 2. The third kappa shape index (κ3) is 4.81. The summed E-state index contributed by atoms with van der Waals surface area (Å²) in [5, 5.41) is 6.71. The first-order chi connectivity index (χ1) is 10.9. The average Bonchev–Trinajstić information content (AvgIpc) is 3.20. The first-order valence-electron chi connectivity index (χ1n) is 7.79. The molecule has 1 fully saturated rings. The summed E-state index contributed by atoms with van der Waals surface area (Å²) >= 11 is 0. The molecule has 1 atom stereocenters. The monoisotopic (exact) mass is 429 g/mol. The van der Waals surface area contributed by atoms with Crippen molar-refractivity contribution in [3.63, 3.8) is 0 Å². The van der Waals surface area contributed by atoms with Gasteiger partial charge in [0, 0.05) is 39.2 Å². The topological polar surface area (TPSA) is 63.5 Å². The van der Waals surface area contributed by atoms with E-state index in [1.54, 1.807) is 7.05 Å². The third-order valence-corrected chi connectivity index (χ3v) is 3.98. The second-order valence-corrected chi connectivity index (χ2v) is 5.54. The van der Waals surface area contributed by atoms with Crippen LogP contribution in [0.5, 0.6) is 0 Å². The van der Waals surface area contributed by atoms with Crippen molar-refractivity contribution >= 4 is 41.0 Å². The Morgan fingerprint density at radius 3 is 3.04 bits per heavy atom. The van der Waals surface area contributed by atoms with Gasteiger partial charge in [0.05, 0.1) is 24.0 Å². The standard InChI is InChI=1S/C16H23N5O.HI/c1-17-16(19-10-13-6-9-22-11-13)18-7-8-21-12-20-14-4-2-3-5-15(14)21;/h2-5,12-13H,6-11H2,1H3,(H2,17,18,19);1H. The summed E-state index contributed by atoms with van der Waals surface area (Å²) in [4.78, 5) is 8.66. The highest BCUT2D eigenvalue weighted by atomic mass is 127. The molecule has 1 aliphatic heterocycles. The molecule has 0 saturated carbocycles. The van der Waals surface area contributed by atoms with Gasteiger partial charge in [-0.05, 0) is 18.6 Å². The molecule has 0 amide bonds. The zero-order valence-corrected chi connectivity index (χ0v) is 15.7. The normalized spacial score (nSPS) is 18.0. The number of hydrogen-bond acceptors (Lipinski definition) is 3. The number of nitrogens with zero attached hydrogens (tertiary/aromatic N) is 3. The molecule has 2 heterocycles. The quantitative estimate of drug-likeness (QED) is 0.433. The largest absolute Gasteiger partial charge is 0.381 e. The molecule has 23 heavy (non-hydrogen) atoms. The maximum absolute atomic E-state index is 5.38. The molecule has 1 unspecified atom stereocenters. The number of benzene rings is 1. The van der Waals surface area contributed by atoms with Gasteiger partial charge in [-0.1, -0.05) is 12.1 Å². The van der Waals surface area contributed by atoms with Crippen molar-refractivity contribution in [1.29, 1.82) is 0 Å². The van der Waals surface area contributed by atoms with E-state index < -0.39 is 0 Å². The lowest BCUT2D eigenvalue weighted by Crippen LogP contribution is -2.41. The molecule has 7 heteroatoms. The summed E-state index contributed by atoms with van der Waals surface area (Å²) in [6, 6.07) is 8.17. The Labute approximate surface area is 153 Å². The van der Waals surface area contributed by atoms with E-state index in [0.717, 1.165) is 56.3 Å². The number of imidazole rings is 1. The average molecular weight is 429 g/mol. The Kier molecular flexibility index (Phi) is 7.10. The lowest BCUT2D eigenvalue weighted by molar-refractivity contribution is 0.186. The van der Waals surface area contributed by atoms with E-state index >= 15 is 0 Å². The van der Waals surface area contributed by atoms with Crippen molar-refractivity contribution < 1.29 is 4.74 Å². The fourth-order valence-electron chi connectivity index (χ4n) is 2.69. The van der Waals surface area contributed by atoms with Crippen LogP contribution in [0.15, 0.2) is 35.6 Å². The highest BCUT2D eigenvalue weighted by molar-refractivity contribution is 14.0. The first kappa shape index (κ1) is 18.0. The molecular weight excluding hydrogens is 405 g/mol. The third-order valence-electron chi connectivity index (χ3n) is 3.98. The Morgan fingerprint density at radius 2 is 2.26 bits per heavy atom. The second-order valence-electron chi connectivity index (χ2n) is 5.54. The summed E-state index contributed by atoms with van der Waals surface area (Å²) in [7, 11) is 1.80. The molecular formula is C16H24IN5O. The van der Waals surface area contributed by atoms with Crippen molar-refractivity contribution in [2.24, 2.45) is 10.9 Å². The number of ether oxygens (including phenoxy) is 1. The Balaban J connectivity index is 0.00000192. The van der Waals surface area contributed by atoms with Crippen LogP contribution in [0, 0.1) is 5.92 Å². The number of aromatic nitrogens is 2. The number of fused-ring (bicyclic) bond motifs is 1. The molecule has 1 aromatic carbocycles. The Morgan fingerprint density at radius 1 is 1.39 bits per heavy atom. The van der Waals surface area contributed by atoms with Gasteiger partial charge in [0.15, 0.2) is 5.96 Å². The van der Waals surface area contributed by atoms with E-state index in [1.165, 1.54) is 0 Å². The molecule has 6 nitrogen and oxygen atoms in total. The summed E-state index contributed by atoms with van der Waals surface area (Å²) in [6.07, 6.45) is 3.02. The van der Waals surface area contributed by atoms with Crippen LogP contribution in [0.1, 0.15) is 6.42 Å². The SMILES string of the molecule is CN=C(NCCn1cnc2ccccc21)NCC1CCOC1.I. The minimum atomic E-state index is 0. The van der Waals surface area contributed by atoms with Crippen LogP contribution in [0.2, 0.25) is 0 Å². The molecule has 1 aromatic heterocycles. The van der Waals surface area contributed by atoms with Gasteiger partial charge in [0.25, 0.3) is 0 Å². The maximum atomic E-state index is 5.38.